The molecule has 0 saturated heterocycles. The minimum atomic E-state index is -4.28. The van der Waals surface area contributed by atoms with Gasteiger partial charge in [-0.25, -0.2) is 4.57 Å². The Morgan fingerprint density at radius 2 is 1.17 bits per heavy atom. The summed E-state index contributed by atoms with van der Waals surface area (Å²) in [6, 6.07) is 0. The lowest BCUT2D eigenvalue weighted by Gasteiger charge is -2.20. The van der Waals surface area contributed by atoms with Gasteiger partial charge in [-0.2, -0.15) is 0 Å². The van der Waals surface area contributed by atoms with Crippen molar-refractivity contribution in [2.24, 2.45) is 5.73 Å². The highest BCUT2D eigenvalue weighted by Crippen LogP contribution is 2.43. The molecule has 0 aromatic carbocycles. The van der Waals surface area contributed by atoms with Gasteiger partial charge in [0.2, 0.25) is 0 Å². The Labute approximate surface area is 293 Å². The molecular formula is C39H70NO7P. The van der Waals surface area contributed by atoms with Crippen LogP contribution in [0.5, 0.6) is 0 Å². The number of phosphoric acid groups is 1. The molecule has 0 saturated carbocycles. The quantitative estimate of drug-likeness (QED) is 0.0291. The van der Waals surface area contributed by atoms with E-state index < -0.39 is 13.9 Å². The normalized spacial score (nSPS) is 14.3. The highest BCUT2D eigenvalue weighted by Gasteiger charge is 2.25. The number of nitrogens with two attached hydrogens (primary N) is 1. The van der Waals surface area contributed by atoms with E-state index in [1.54, 1.807) is 0 Å². The fourth-order valence-electron chi connectivity index (χ4n) is 4.67. The minimum Gasteiger partial charge on any atom is -0.457 e. The Balaban J connectivity index is 4.14. The van der Waals surface area contributed by atoms with Crippen LogP contribution in [0.15, 0.2) is 60.8 Å². The molecule has 2 unspecified atom stereocenters. The molecule has 278 valence electrons. The molecule has 0 rings (SSSR count). The van der Waals surface area contributed by atoms with Crippen molar-refractivity contribution >= 4 is 13.8 Å². The molecule has 0 heterocycles. The first kappa shape index (κ1) is 46.2. The van der Waals surface area contributed by atoms with Gasteiger partial charge in [-0.1, -0.05) is 126 Å². The monoisotopic (exact) mass is 695 g/mol. The van der Waals surface area contributed by atoms with Crippen LogP contribution in [0.2, 0.25) is 0 Å². The van der Waals surface area contributed by atoms with E-state index in [9.17, 15) is 14.3 Å². The van der Waals surface area contributed by atoms with Crippen LogP contribution in [0.3, 0.4) is 0 Å². The summed E-state index contributed by atoms with van der Waals surface area (Å²) in [7, 11) is -4.28. The van der Waals surface area contributed by atoms with E-state index in [4.69, 9.17) is 24.3 Å². The second-order valence-electron chi connectivity index (χ2n) is 12.1. The third kappa shape index (κ3) is 35.5. The SMILES string of the molecule is CC/C=C\C/C=C\C/C=C\C/C=C\CCCCCCCOCC(COP(=O)(O)OCCN)OC(=O)CCCCCCC/C=C\CCCC. The van der Waals surface area contributed by atoms with Gasteiger partial charge in [0.15, 0.2) is 0 Å². The standard InChI is InChI=1S/C39H70NO7P/c1-3-5-7-9-11-13-15-16-17-18-19-20-21-23-25-27-29-31-34-44-36-38(37-46-48(42,43)45-35-33-40)47-39(41)32-30-28-26-24-22-14-12-10-8-6-4-2/h5,7,10-13,16-17,19-20,38H,3-4,6,8-9,14-15,18,21-37,40H2,1-2H3,(H,42,43)/b7-5-,12-10-,13-11-,17-16-,20-19-. The number of rotatable bonds is 35. The van der Waals surface area contributed by atoms with E-state index in [2.05, 4.69) is 74.6 Å². The maximum absolute atomic E-state index is 12.5. The van der Waals surface area contributed by atoms with Crippen LogP contribution < -0.4 is 5.73 Å². The van der Waals surface area contributed by atoms with E-state index in [1.807, 2.05) is 0 Å². The number of ether oxygens (including phenoxy) is 2. The van der Waals surface area contributed by atoms with Crippen molar-refractivity contribution in [2.75, 3.05) is 33.0 Å². The van der Waals surface area contributed by atoms with Crippen molar-refractivity contribution in [2.45, 2.75) is 148 Å². The second kappa shape index (κ2) is 36.5. The third-order valence-corrected chi connectivity index (χ3v) is 8.40. The summed E-state index contributed by atoms with van der Waals surface area (Å²) in [6.45, 7) is 4.68. The molecule has 3 N–H and O–H groups in total. The number of carbonyl (C=O) groups is 1. The fourth-order valence-corrected chi connectivity index (χ4v) is 5.44. The lowest BCUT2D eigenvalue weighted by molar-refractivity contribution is -0.154. The van der Waals surface area contributed by atoms with Crippen molar-refractivity contribution in [1.29, 1.82) is 0 Å². The molecule has 0 radical (unpaired) electrons. The molecule has 0 aliphatic carbocycles. The van der Waals surface area contributed by atoms with Gasteiger partial charge in [0, 0.05) is 19.6 Å². The molecule has 0 spiro atoms. The molecule has 9 heteroatoms. The van der Waals surface area contributed by atoms with E-state index in [0.717, 1.165) is 83.5 Å². The highest BCUT2D eigenvalue weighted by atomic mass is 31.2. The van der Waals surface area contributed by atoms with E-state index >= 15 is 0 Å². The Morgan fingerprint density at radius 1 is 0.646 bits per heavy atom. The molecule has 2 atom stereocenters. The average Bonchev–Trinajstić information content (AvgIpc) is 3.07. The maximum atomic E-state index is 12.5. The molecule has 0 aliphatic rings. The van der Waals surface area contributed by atoms with Crippen molar-refractivity contribution in [1.82, 2.24) is 0 Å². The van der Waals surface area contributed by atoms with Gasteiger partial charge in [0.1, 0.15) is 6.10 Å². The zero-order chi connectivity index (χ0) is 35.2. The summed E-state index contributed by atoms with van der Waals surface area (Å²) in [5.41, 5.74) is 5.35. The summed E-state index contributed by atoms with van der Waals surface area (Å²) >= 11 is 0. The topological polar surface area (TPSA) is 117 Å². The van der Waals surface area contributed by atoms with Crippen molar-refractivity contribution in [3.05, 3.63) is 60.8 Å². The smallest absolute Gasteiger partial charge is 0.457 e. The van der Waals surface area contributed by atoms with Crippen LogP contribution in [0, 0.1) is 0 Å². The summed E-state index contributed by atoms with van der Waals surface area (Å²) in [6.07, 6.45) is 42.3. The summed E-state index contributed by atoms with van der Waals surface area (Å²) < 4.78 is 33.2. The molecular weight excluding hydrogens is 625 g/mol. The fraction of sp³-hybridized carbons (Fsp3) is 0.718. The van der Waals surface area contributed by atoms with Crippen LogP contribution in [-0.2, 0) is 27.9 Å². The molecule has 0 aromatic rings. The minimum absolute atomic E-state index is 0.0928. The lowest BCUT2D eigenvalue weighted by atomic mass is 10.1. The van der Waals surface area contributed by atoms with Crippen LogP contribution in [-0.4, -0.2) is 49.9 Å². The van der Waals surface area contributed by atoms with Crippen LogP contribution in [0.25, 0.3) is 0 Å². The predicted octanol–water partition coefficient (Wildman–Crippen LogP) is 10.6. The number of phosphoric ester groups is 1. The Kier molecular flexibility index (Phi) is 35.1. The maximum Gasteiger partial charge on any atom is 0.472 e. The first-order chi connectivity index (χ1) is 23.4. The van der Waals surface area contributed by atoms with Crippen LogP contribution in [0.1, 0.15) is 142 Å². The number of carbonyl (C=O) groups excluding carboxylic acids is 1. The first-order valence-corrected chi connectivity index (χ1v) is 20.3. The molecule has 0 fully saturated rings. The number of esters is 1. The first-order valence-electron chi connectivity index (χ1n) is 18.8. The molecule has 0 aromatic heterocycles. The van der Waals surface area contributed by atoms with Crippen LogP contribution >= 0.6 is 7.82 Å². The number of hydrogen-bond donors (Lipinski definition) is 2. The Hall–Kier alpha value is -1.80. The average molecular weight is 696 g/mol. The van der Waals surface area contributed by atoms with E-state index in [-0.39, 0.29) is 32.3 Å². The molecule has 0 amide bonds. The largest absolute Gasteiger partial charge is 0.472 e. The molecule has 8 nitrogen and oxygen atoms in total. The van der Waals surface area contributed by atoms with Crippen molar-refractivity contribution < 1.29 is 32.8 Å². The van der Waals surface area contributed by atoms with Crippen molar-refractivity contribution in [3.8, 4) is 0 Å². The Morgan fingerprint density at radius 3 is 1.77 bits per heavy atom. The van der Waals surface area contributed by atoms with Gasteiger partial charge in [0.05, 0.1) is 19.8 Å². The van der Waals surface area contributed by atoms with Gasteiger partial charge in [-0.05, 0) is 70.6 Å². The van der Waals surface area contributed by atoms with E-state index in [0.29, 0.717) is 13.0 Å². The molecule has 48 heavy (non-hydrogen) atoms. The Bertz CT molecular complexity index is 916. The summed E-state index contributed by atoms with van der Waals surface area (Å²) in [4.78, 5) is 22.3. The van der Waals surface area contributed by atoms with Gasteiger partial charge >= 0.3 is 13.8 Å². The molecule has 0 bridgehead atoms. The zero-order valence-electron chi connectivity index (χ0n) is 30.4. The predicted molar refractivity (Wildman–Crippen MR) is 201 cm³/mol. The highest BCUT2D eigenvalue weighted by molar-refractivity contribution is 7.47. The summed E-state index contributed by atoms with van der Waals surface area (Å²) in [5.74, 6) is -0.352. The number of hydrogen-bond acceptors (Lipinski definition) is 7. The number of unbranched alkanes of at least 4 members (excludes halogenated alkanes) is 12. The van der Waals surface area contributed by atoms with Crippen LogP contribution in [0.4, 0.5) is 0 Å². The van der Waals surface area contributed by atoms with Gasteiger partial charge < -0.3 is 20.1 Å². The second-order valence-corrected chi connectivity index (χ2v) is 13.5. The zero-order valence-corrected chi connectivity index (χ0v) is 31.3. The number of allylic oxidation sites excluding steroid dienone is 10. The van der Waals surface area contributed by atoms with Crippen molar-refractivity contribution in [3.63, 3.8) is 0 Å². The molecule has 0 aliphatic heterocycles. The summed E-state index contributed by atoms with van der Waals surface area (Å²) in [5, 5.41) is 0. The third-order valence-electron chi connectivity index (χ3n) is 7.42. The lowest BCUT2D eigenvalue weighted by Crippen LogP contribution is -2.28. The van der Waals surface area contributed by atoms with Gasteiger partial charge in [0.25, 0.3) is 0 Å². The van der Waals surface area contributed by atoms with E-state index in [1.165, 1.54) is 38.5 Å². The van der Waals surface area contributed by atoms with Gasteiger partial charge in [-0.3, -0.25) is 13.8 Å². The van der Waals surface area contributed by atoms with Gasteiger partial charge in [-0.15, -0.1) is 0 Å².